The number of rotatable bonds is 5. The molecule has 2 aromatic rings. The molecule has 3 unspecified atom stereocenters. The summed E-state index contributed by atoms with van der Waals surface area (Å²) in [5.74, 6) is 0.103. The fraction of sp³-hybridized carbons (Fsp3) is 0.400. The summed E-state index contributed by atoms with van der Waals surface area (Å²) in [5.41, 5.74) is 1.85. The molecule has 26 heavy (non-hydrogen) atoms. The molecular weight excluding hydrogens is 371 g/mol. The number of aliphatic hydroxyl groups is 1. The summed E-state index contributed by atoms with van der Waals surface area (Å²) < 4.78 is 0. The van der Waals surface area contributed by atoms with Crippen molar-refractivity contribution in [1.82, 2.24) is 9.88 Å². The van der Waals surface area contributed by atoms with Crippen LogP contribution in [0.2, 0.25) is 10.0 Å². The molecule has 1 aromatic carbocycles. The summed E-state index contributed by atoms with van der Waals surface area (Å²) in [5, 5.41) is 11.1. The lowest BCUT2D eigenvalue weighted by molar-refractivity contribution is -0.142. The van der Waals surface area contributed by atoms with Gasteiger partial charge in [0.15, 0.2) is 0 Å². The molecule has 1 amide bonds. The van der Waals surface area contributed by atoms with Crippen LogP contribution in [0.3, 0.4) is 0 Å². The lowest BCUT2D eigenvalue weighted by atomic mass is 9.80. The molecule has 0 radical (unpaired) electrons. The minimum absolute atomic E-state index is 0.0472. The van der Waals surface area contributed by atoms with E-state index in [1.165, 1.54) is 0 Å². The molecule has 1 aromatic heterocycles. The number of aromatic nitrogens is 1. The maximum absolute atomic E-state index is 12.8. The second-order valence-electron chi connectivity index (χ2n) is 6.59. The van der Waals surface area contributed by atoms with E-state index < -0.39 is 0 Å². The summed E-state index contributed by atoms with van der Waals surface area (Å²) in [6, 6.07) is 10.9. The largest absolute Gasteiger partial charge is 0.394 e. The zero-order chi connectivity index (χ0) is 18.7. The molecule has 138 valence electrons. The molecule has 0 aliphatic carbocycles. The fourth-order valence-corrected chi connectivity index (χ4v) is 4.07. The van der Waals surface area contributed by atoms with Crippen LogP contribution in [0, 0.1) is 0 Å². The quantitative estimate of drug-likeness (QED) is 0.808. The van der Waals surface area contributed by atoms with Gasteiger partial charge in [0.25, 0.3) is 0 Å². The van der Waals surface area contributed by atoms with Gasteiger partial charge in [-0.1, -0.05) is 42.3 Å². The van der Waals surface area contributed by atoms with Crippen molar-refractivity contribution in [3.63, 3.8) is 0 Å². The number of amides is 1. The Morgan fingerprint density at radius 1 is 1.27 bits per heavy atom. The summed E-state index contributed by atoms with van der Waals surface area (Å²) >= 11 is 12.2. The number of halogens is 2. The summed E-state index contributed by atoms with van der Waals surface area (Å²) in [6.45, 7) is 1.90. The molecule has 3 rings (SSSR count). The highest BCUT2D eigenvalue weighted by Crippen LogP contribution is 2.44. The molecule has 3 atom stereocenters. The zero-order valence-corrected chi connectivity index (χ0v) is 16.1. The van der Waals surface area contributed by atoms with Gasteiger partial charge in [-0.2, -0.15) is 0 Å². The van der Waals surface area contributed by atoms with Crippen LogP contribution in [-0.2, 0) is 4.79 Å². The number of likely N-dealkylation sites (tertiary alicyclic amines) is 1. The van der Waals surface area contributed by atoms with Gasteiger partial charge in [0.05, 0.1) is 29.4 Å². The van der Waals surface area contributed by atoms with Crippen LogP contribution >= 0.6 is 23.2 Å². The Kier molecular flexibility index (Phi) is 6.17. The van der Waals surface area contributed by atoms with Crippen LogP contribution in [0.15, 0.2) is 42.6 Å². The average molecular weight is 393 g/mol. The molecule has 1 N–H and O–H groups in total. The van der Waals surface area contributed by atoms with E-state index in [2.05, 4.69) is 4.98 Å². The van der Waals surface area contributed by atoms with Crippen molar-refractivity contribution in [2.45, 2.75) is 44.2 Å². The Morgan fingerprint density at radius 3 is 2.69 bits per heavy atom. The van der Waals surface area contributed by atoms with Crippen LogP contribution in [-0.4, -0.2) is 33.5 Å². The Balaban J connectivity index is 2.09. The highest BCUT2D eigenvalue weighted by atomic mass is 35.5. The van der Waals surface area contributed by atoms with Gasteiger partial charge < -0.3 is 10.0 Å². The number of pyridine rings is 1. The number of carbonyl (C=O) groups is 1. The number of hydrogen-bond donors (Lipinski definition) is 1. The van der Waals surface area contributed by atoms with Crippen molar-refractivity contribution in [1.29, 1.82) is 0 Å². The fourth-order valence-electron chi connectivity index (χ4n) is 3.76. The number of nitrogens with zero attached hydrogens (tertiary/aromatic N) is 2. The number of piperidine rings is 1. The van der Waals surface area contributed by atoms with Gasteiger partial charge in [0.1, 0.15) is 0 Å². The first-order chi connectivity index (χ1) is 12.5. The number of benzene rings is 1. The second kappa shape index (κ2) is 8.38. The number of aliphatic hydroxyl groups excluding tert-OH is 1. The maximum Gasteiger partial charge on any atom is 0.223 e. The molecule has 2 heterocycles. The molecule has 4 nitrogen and oxygen atoms in total. The third-order valence-electron chi connectivity index (χ3n) is 5.04. The molecule has 0 bridgehead atoms. The molecule has 1 aliphatic heterocycles. The molecule has 0 saturated carbocycles. The minimum Gasteiger partial charge on any atom is -0.394 e. The monoisotopic (exact) mass is 392 g/mol. The van der Waals surface area contributed by atoms with E-state index in [9.17, 15) is 9.90 Å². The van der Waals surface area contributed by atoms with E-state index in [1.54, 1.807) is 12.3 Å². The van der Waals surface area contributed by atoms with Crippen molar-refractivity contribution >= 4 is 29.1 Å². The minimum atomic E-state index is -0.260. The SMILES string of the molecule is CCC(CO)N1C(=O)CCC(c2cccc(Cl)c2)C1c1ccc(Cl)cn1. The van der Waals surface area contributed by atoms with Gasteiger partial charge in [0, 0.05) is 23.6 Å². The molecule has 1 fully saturated rings. The lowest BCUT2D eigenvalue weighted by Gasteiger charge is -2.44. The van der Waals surface area contributed by atoms with Crippen molar-refractivity contribution in [2.24, 2.45) is 0 Å². The first kappa shape index (κ1) is 19.2. The number of carbonyl (C=O) groups excluding carboxylic acids is 1. The van der Waals surface area contributed by atoms with Crippen molar-refractivity contribution < 1.29 is 9.90 Å². The topological polar surface area (TPSA) is 53.4 Å². The maximum atomic E-state index is 12.8. The van der Waals surface area contributed by atoms with Crippen molar-refractivity contribution in [3.8, 4) is 0 Å². The van der Waals surface area contributed by atoms with E-state index in [0.717, 1.165) is 11.3 Å². The van der Waals surface area contributed by atoms with Crippen LogP contribution in [0.4, 0.5) is 0 Å². The molecule has 1 saturated heterocycles. The molecular formula is C20H22Cl2N2O2. The Hall–Kier alpha value is -1.62. The zero-order valence-electron chi connectivity index (χ0n) is 14.6. The van der Waals surface area contributed by atoms with E-state index in [-0.39, 0.29) is 30.5 Å². The van der Waals surface area contributed by atoms with Crippen molar-refractivity contribution in [3.05, 3.63) is 63.9 Å². The van der Waals surface area contributed by atoms with Gasteiger partial charge in [-0.05, 0) is 42.7 Å². The van der Waals surface area contributed by atoms with Crippen LogP contribution in [0.25, 0.3) is 0 Å². The second-order valence-corrected chi connectivity index (χ2v) is 7.46. The van der Waals surface area contributed by atoms with Gasteiger partial charge in [-0.25, -0.2) is 0 Å². The molecule has 6 heteroatoms. The van der Waals surface area contributed by atoms with Crippen LogP contribution < -0.4 is 0 Å². The molecule has 1 aliphatic rings. The smallest absolute Gasteiger partial charge is 0.223 e. The van der Waals surface area contributed by atoms with Crippen LogP contribution in [0.1, 0.15) is 49.4 Å². The predicted molar refractivity (Wildman–Crippen MR) is 103 cm³/mol. The van der Waals surface area contributed by atoms with Crippen molar-refractivity contribution in [2.75, 3.05) is 6.61 Å². The van der Waals surface area contributed by atoms with Gasteiger partial charge in [0.2, 0.25) is 5.91 Å². The van der Waals surface area contributed by atoms with Gasteiger partial charge >= 0.3 is 0 Å². The third-order valence-corrected chi connectivity index (χ3v) is 5.50. The summed E-state index contributed by atoms with van der Waals surface area (Å²) in [4.78, 5) is 19.1. The lowest BCUT2D eigenvalue weighted by Crippen LogP contribution is -2.49. The van der Waals surface area contributed by atoms with E-state index in [0.29, 0.717) is 29.3 Å². The predicted octanol–water partition coefficient (Wildman–Crippen LogP) is 4.61. The van der Waals surface area contributed by atoms with E-state index in [1.807, 2.05) is 42.2 Å². The number of hydrogen-bond acceptors (Lipinski definition) is 3. The summed E-state index contributed by atoms with van der Waals surface area (Å²) in [7, 11) is 0. The third kappa shape index (κ3) is 3.88. The normalized spacial score (nSPS) is 21.7. The first-order valence-electron chi connectivity index (χ1n) is 8.84. The Bertz CT molecular complexity index is 763. The van der Waals surface area contributed by atoms with Gasteiger partial charge in [-0.15, -0.1) is 0 Å². The highest BCUT2D eigenvalue weighted by molar-refractivity contribution is 6.30. The Labute approximate surface area is 163 Å². The van der Waals surface area contributed by atoms with Gasteiger partial charge in [-0.3, -0.25) is 9.78 Å². The standard InChI is InChI=1S/C20H22Cl2N2O2/c1-2-16(12-25)24-19(26)9-7-17(13-4-3-5-14(21)10-13)20(24)18-8-6-15(22)11-23-18/h3-6,8,10-11,16-17,20,25H,2,7,9,12H2,1H3. The van der Waals surface area contributed by atoms with E-state index >= 15 is 0 Å². The van der Waals surface area contributed by atoms with Crippen LogP contribution in [0.5, 0.6) is 0 Å². The Morgan fingerprint density at radius 2 is 2.08 bits per heavy atom. The molecule has 0 spiro atoms. The first-order valence-corrected chi connectivity index (χ1v) is 9.59. The highest BCUT2D eigenvalue weighted by Gasteiger charge is 2.41. The summed E-state index contributed by atoms with van der Waals surface area (Å²) in [6.07, 6.45) is 3.43. The average Bonchev–Trinajstić information content (AvgIpc) is 2.64. The van der Waals surface area contributed by atoms with E-state index in [4.69, 9.17) is 23.2 Å².